The van der Waals surface area contributed by atoms with Gasteiger partial charge in [-0.1, -0.05) is 49.4 Å². The first-order chi connectivity index (χ1) is 12.4. The van der Waals surface area contributed by atoms with Crippen LogP contribution in [0, 0.1) is 0 Å². The fourth-order valence-corrected chi connectivity index (χ4v) is 4.24. The fourth-order valence-electron chi connectivity index (χ4n) is 3.35. The number of benzene rings is 2. The van der Waals surface area contributed by atoms with Gasteiger partial charge in [0.1, 0.15) is 0 Å². The van der Waals surface area contributed by atoms with Crippen LogP contribution in [0.15, 0.2) is 59.5 Å². The molecule has 1 heterocycles. The molecule has 1 amide bonds. The quantitative estimate of drug-likeness (QED) is 0.870. The second-order valence-electron chi connectivity index (χ2n) is 6.70. The van der Waals surface area contributed by atoms with Crippen molar-refractivity contribution in [3.8, 4) is 0 Å². The Morgan fingerprint density at radius 3 is 2.35 bits per heavy atom. The van der Waals surface area contributed by atoms with Crippen LogP contribution in [0.5, 0.6) is 0 Å². The Kier molecular flexibility index (Phi) is 5.44. The van der Waals surface area contributed by atoms with Gasteiger partial charge in [0, 0.05) is 25.0 Å². The maximum atomic E-state index is 12.6. The zero-order chi connectivity index (χ0) is 18.7. The lowest BCUT2D eigenvalue weighted by molar-refractivity contribution is -0.129. The topological polar surface area (TPSA) is 80.5 Å². The third-order valence-electron chi connectivity index (χ3n) is 4.96. The first kappa shape index (κ1) is 18.6. The van der Waals surface area contributed by atoms with Crippen molar-refractivity contribution in [2.24, 2.45) is 5.73 Å². The van der Waals surface area contributed by atoms with E-state index in [1.54, 1.807) is 36.1 Å². The van der Waals surface area contributed by atoms with Gasteiger partial charge in [0.15, 0.2) is 9.84 Å². The number of nitrogens with two attached hydrogens (primary N) is 1. The maximum Gasteiger partial charge on any atom is 0.227 e. The van der Waals surface area contributed by atoms with Crippen molar-refractivity contribution in [1.29, 1.82) is 0 Å². The van der Waals surface area contributed by atoms with Crippen LogP contribution < -0.4 is 5.73 Å². The van der Waals surface area contributed by atoms with Gasteiger partial charge in [0.05, 0.1) is 17.1 Å². The van der Waals surface area contributed by atoms with Gasteiger partial charge in [-0.25, -0.2) is 8.42 Å². The van der Waals surface area contributed by atoms with Gasteiger partial charge in [-0.2, -0.15) is 0 Å². The minimum Gasteiger partial charge on any atom is -0.340 e. The van der Waals surface area contributed by atoms with Crippen LogP contribution in [-0.2, 0) is 21.1 Å². The summed E-state index contributed by atoms with van der Waals surface area (Å²) in [4.78, 5) is 14.7. The van der Waals surface area contributed by atoms with E-state index >= 15 is 0 Å². The van der Waals surface area contributed by atoms with Crippen LogP contribution >= 0.6 is 0 Å². The van der Waals surface area contributed by atoms with Crippen LogP contribution in [-0.4, -0.2) is 44.1 Å². The molecule has 1 aliphatic heterocycles. The molecular formula is C20H24N2O3S. The van der Waals surface area contributed by atoms with E-state index < -0.39 is 9.84 Å². The smallest absolute Gasteiger partial charge is 0.227 e. The molecule has 2 N–H and O–H groups in total. The number of sulfone groups is 1. The van der Waals surface area contributed by atoms with Crippen molar-refractivity contribution in [1.82, 2.24) is 4.90 Å². The SMILES string of the molecule is CCS(=O)(=O)c1ccc(CC(=O)N2C[C@@H](N)[C@H](c3ccccc3)C2)cc1. The molecule has 0 unspecified atom stereocenters. The highest BCUT2D eigenvalue weighted by atomic mass is 32.2. The largest absolute Gasteiger partial charge is 0.340 e. The number of rotatable bonds is 5. The summed E-state index contributed by atoms with van der Waals surface area (Å²) in [6.45, 7) is 2.78. The van der Waals surface area contributed by atoms with E-state index in [1.165, 1.54) is 0 Å². The Morgan fingerprint density at radius 1 is 1.08 bits per heavy atom. The first-order valence-corrected chi connectivity index (χ1v) is 10.5. The van der Waals surface area contributed by atoms with Crippen molar-refractivity contribution in [2.75, 3.05) is 18.8 Å². The predicted molar refractivity (Wildman–Crippen MR) is 102 cm³/mol. The van der Waals surface area contributed by atoms with E-state index in [2.05, 4.69) is 0 Å². The molecule has 0 spiro atoms. The zero-order valence-electron chi connectivity index (χ0n) is 14.8. The van der Waals surface area contributed by atoms with Crippen molar-refractivity contribution in [3.63, 3.8) is 0 Å². The van der Waals surface area contributed by atoms with Gasteiger partial charge in [0.2, 0.25) is 5.91 Å². The van der Waals surface area contributed by atoms with Crippen LogP contribution in [0.25, 0.3) is 0 Å². The molecule has 2 aromatic rings. The Hall–Kier alpha value is -2.18. The second-order valence-corrected chi connectivity index (χ2v) is 8.98. The summed E-state index contributed by atoms with van der Waals surface area (Å²) in [6, 6.07) is 16.5. The van der Waals surface area contributed by atoms with Gasteiger partial charge in [-0.15, -0.1) is 0 Å². The minimum atomic E-state index is -3.22. The molecule has 5 nitrogen and oxygen atoms in total. The molecule has 1 saturated heterocycles. The molecule has 0 aliphatic carbocycles. The molecule has 3 rings (SSSR count). The Labute approximate surface area is 154 Å². The van der Waals surface area contributed by atoms with Crippen LogP contribution in [0.4, 0.5) is 0 Å². The highest BCUT2D eigenvalue weighted by molar-refractivity contribution is 7.91. The summed E-state index contributed by atoms with van der Waals surface area (Å²) in [7, 11) is -3.22. The molecule has 138 valence electrons. The molecule has 0 radical (unpaired) electrons. The van der Waals surface area contributed by atoms with Gasteiger partial charge >= 0.3 is 0 Å². The first-order valence-electron chi connectivity index (χ1n) is 8.80. The van der Waals surface area contributed by atoms with E-state index in [0.717, 1.165) is 11.1 Å². The van der Waals surface area contributed by atoms with E-state index in [1.807, 2.05) is 30.3 Å². The normalized spacial score (nSPS) is 20.3. The number of hydrogen-bond donors (Lipinski definition) is 1. The summed E-state index contributed by atoms with van der Waals surface area (Å²) in [5, 5.41) is 0. The monoisotopic (exact) mass is 372 g/mol. The van der Waals surface area contributed by atoms with Gasteiger partial charge < -0.3 is 10.6 Å². The summed E-state index contributed by atoms with van der Waals surface area (Å²) in [6.07, 6.45) is 0.251. The molecular weight excluding hydrogens is 348 g/mol. The Bertz CT molecular complexity index is 864. The molecule has 2 aromatic carbocycles. The Balaban J connectivity index is 1.66. The van der Waals surface area contributed by atoms with Crippen molar-refractivity contribution >= 4 is 15.7 Å². The van der Waals surface area contributed by atoms with Crippen LogP contribution in [0.1, 0.15) is 24.0 Å². The van der Waals surface area contributed by atoms with E-state index in [9.17, 15) is 13.2 Å². The molecule has 1 aliphatic rings. The van der Waals surface area contributed by atoms with Gasteiger partial charge in [0.25, 0.3) is 0 Å². The van der Waals surface area contributed by atoms with Crippen LogP contribution in [0.3, 0.4) is 0 Å². The summed E-state index contributed by atoms with van der Waals surface area (Å²) in [5.41, 5.74) is 8.22. The van der Waals surface area contributed by atoms with Crippen molar-refractivity contribution < 1.29 is 13.2 Å². The molecule has 0 aromatic heterocycles. The minimum absolute atomic E-state index is 0.0185. The third kappa shape index (κ3) is 3.97. The molecule has 1 fully saturated rings. The predicted octanol–water partition coefficient (Wildman–Crippen LogP) is 1.98. The second kappa shape index (κ2) is 7.60. The lowest BCUT2D eigenvalue weighted by atomic mass is 9.95. The number of hydrogen-bond acceptors (Lipinski definition) is 4. The Morgan fingerprint density at radius 2 is 1.73 bits per heavy atom. The molecule has 6 heteroatoms. The van der Waals surface area contributed by atoms with E-state index in [4.69, 9.17) is 5.73 Å². The van der Waals surface area contributed by atoms with Crippen molar-refractivity contribution in [2.45, 2.75) is 30.2 Å². The van der Waals surface area contributed by atoms with Crippen molar-refractivity contribution in [3.05, 3.63) is 65.7 Å². The zero-order valence-corrected chi connectivity index (χ0v) is 15.7. The highest BCUT2D eigenvalue weighted by Crippen LogP contribution is 2.26. The summed E-state index contributed by atoms with van der Waals surface area (Å²) < 4.78 is 23.7. The number of likely N-dealkylation sites (tertiary alicyclic amines) is 1. The summed E-state index contributed by atoms with van der Waals surface area (Å²) >= 11 is 0. The standard InChI is InChI=1S/C20H24N2O3S/c1-2-26(24,25)17-10-8-15(9-11-17)12-20(23)22-13-18(19(21)14-22)16-6-4-3-5-7-16/h3-11,18-19H,2,12-14,21H2,1H3/t18-,19+/m0/s1. The molecule has 26 heavy (non-hydrogen) atoms. The highest BCUT2D eigenvalue weighted by Gasteiger charge is 2.33. The number of nitrogens with zero attached hydrogens (tertiary/aromatic N) is 1. The van der Waals surface area contributed by atoms with E-state index in [0.29, 0.717) is 18.0 Å². The fraction of sp³-hybridized carbons (Fsp3) is 0.350. The maximum absolute atomic E-state index is 12.6. The lowest BCUT2D eigenvalue weighted by Gasteiger charge is -2.16. The van der Waals surface area contributed by atoms with Gasteiger partial charge in [-0.05, 0) is 23.3 Å². The molecule has 2 atom stereocenters. The number of carbonyl (C=O) groups is 1. The number of amides is 1. The molecule has 0 bridgehead atoms. The average Bonchev–Trinajstić information content (AvgIpc) is 3.05. The van der Waals surface area contributed by atoms with Crippen LogP contribution in [0.2, 0.25) is 0 Å². The third-order valence-corrected chi connectivity index (χ3v) is 6.71. The van der Waals surface area contributed by atoms with Gasteiger partial charge in [-0.3, -0.25) is 4.79 Å². The summed E-state index contributed by atoms with van der Waals surface area (Å²) in [5.74, 6) is 0.236. The number of carbonyl (C=O) groups excluding carboxylic acids is 1. The molecule has 0 saturated carbocycles. The lowest BCUT2D eigenvalue weighted by Crippen LogP contribution is -2.33. The van der Waals surface area contributed by atoms with E-state index in [-0.39, 0.29) is 30.0 Å². The average molecular weight is 372 g/mol.